The number of aliphatic imine (C=N–C) groups is 1. The molecule has 13 heteroatoms. The molecule has 0 aliphatic heterocycles. The van der Waals surface area contributed by atoms with Crippen LogP contribution in [0.15, 0.2) is 64.5 Å². The highest BCUT2D eigenvalue weighted by Crippen LogP contribution is 2.34. The third-order valence-electron chi connectivity index (χ3n) is 7.72. The average molecular weight is 685 g/mol. The molecule has 4 aromatic rings. The number of hydrogen-bond donors (Lipinski definition) is 5. The van der Waals surface area contributed by atoms with Crippen molar-refractivity contribution in [3.05, 3.63) is 93.2 Å². The summed E-state index contributed by atoms with van der Waals surface area (Å²) in [6.07, 6.45) is -1.82. The van der Waals surface area contributed by atoms with Crippen molar-refractivity contribution in [2.24, 2.45) is 22.2 Å². The van der Waals surface area contributed by atoms with Gasteiger partial charge < -0.3 is 32.2 Å². The number of nitrogens with one attached hydrogen (secondary N) is 2. The highest BCUT2D eigenvalue weighted by molar-refractivity contribution is 5.76. The van der Waals surface area contributed by atoms with Crippen LogP contribution in [0.5, 0.6) is 0 Å². The topological polar surface area (TPSA) is 162 Å². The van der Waals surface area contributed by atoms with Crippen molar-refractivity contribution < 1.29 is 17.9 Å². The van der Waals surface area contributed by atoms with Crippen molar-refractivity contribution in [1.82, 2.24) is 19.9 Å². The van der Waals surface area contributed by atoms with E-state index >= 15 is 0 Å². The van der Waals surface area contributed by atoms with Gasteiger partial charge >= 0.3 is 11.9 Å². The minimum atomic E-state index is -4.35. The Labute approximate surface area is 286 Å². The molecule has 49 heavy (non-hydrogen) atoms. The van der Waals surface area contributed by atoms with Gasteiger partial charge in [-0.2, -0.15) is 18.2 Å². The quantitative estimate of drug-likeness (QED) is 0.0777. The van der Waals surface area contributed by atoms with Crippen LogP contribution in [0.25, 0.3) is 16.7 Å². The summed E-state index contributed by atoms with van der Waals surface area (Å²) in [4.78, 5) is 23.9. The summed E-state index contributed by atoms with van der Waals surface area (Å²) in [6, 6.07) is 14.0. The maximum absolute atomic E-state index is 12.9. The minimum Gasteiger partial charge on any atom is -0.373 e. The third kappa shape index (κ3) is 12.0. The number of benzene rings is 2. The molecule has 0 spiro atoms. The molecular weight excluding hydrogens is 633 g/mol. The van der Waals surface area contributed by atoms with E-state index in [0.29, 0.717) is 29.9 Å². The number of aromatic amines is 1. The zero-order chi connectivity index (χ0) is 36.6. The van der Waals surface area contributed by atoms with Crippen LogP contribution >= 0.6 is 0 Å². The average Bonchev–Trinajstić information content (AvgIpc) is 3.44. The molecule has 8 N–H and O–H groups in total. The first-order chi connectivity index (χ1) is 22.8. The SMILES string of the molecule is CC(C)(C)c1cc2cn(-c3ccc(CNCCCN=C(N)N)cc3)c(=O)nc2[nH]1.C[C@@H](CN)OCc1cc(C(C)(C)C)cc(C(F)(F)F)c1. The summed E-state index contributed by atoms with van der Waals surface area (Å²) >= 11 is 0. The van der Waals surface area contributed by atoms with Crippen LogP contribution in [-0.2, 0) is 34.9 Å². The molecule has 0 bridgehead atoms. The highest BCUT2D eigenvalue weighted by Gasteiger charge is 2.32. The first-order valence-electron chi connectivity index (χ1n) is 16.3. The molecule has 0 saturated heterocycles. The summed E-state index contributed by atoms with van der Waals surface area (Å²) in [5.41, 5.74) is 19.5. The molecule has 0 aliphatic carbocycles. The van der Waals surface area contributed by atoms with Gasteiger partial charge in [0.05, 0.1) is 24.0 Å². The van der Waals surface area contributed by atoms with E-state index < -0.39 is 11.7 Å². The number of aromatic nitrogens is 3. The Bertz CT molecular complexity index is 1710. The van der Waals surface area contributed by atoms with Crippen molar-refractivity contribution in [3.8, 4) is 5.69 Å². The molecule has 2 aromatic carbocycles. The molecule has 10 nitrogen and oxygen atoms in total. The Balaban J connectivity index is 0.000000286. The largest absolute Gasteiger partial charge is 0.416 e. The number of alkyl halides is 3. The Hall–Kier alpha value is -4.20. The number of H-pyrrole nitrogens is 1. The molecular formula is C36H51F3N8O2. The predicted molar refractivity (Wildman–Crippen MR) is 191 cm³/mol. The van der Waals surface area contributed by atoms with Gasteiger partial charge in [-0.25, -0.2) is 4.79 Å². The zero-order valence-corrected chi connectivity index (χ0v) is 29.5. The molecule has 2 heterocycles. The zero-order valence-electron chi connectivity index (χ0n) is 29.5. The van der Waals surface area contributed by atoms with Gasteiger partial charge in [-0.05, 0) is 72.3 Å². The summed E-state index contributed by atoms with van der Waals surface area (Å²) in [7, 11) is 0. The van der Waals surface area contributed by atoms with Gasteiger partial charge in [-0.3, -0.25) is 9.56 Å². The lowest BCUT2D eigenvalue weighted by Crippen LogP contribution is -2.23. The van der Waals surface area contributed by atoms with Crippen LogP contribution in [0.1, 0.15) is 82.8 Å². The van der Waals surface area contributed by atoms with E-state index in [1.807, 2.05) is 51.2 Å². The van der Waals surface area contributed by atoms with Crippen LogP contribution < -0.4 is 28.2 Å². The monoisotopic (exact) mass is 684 g/mol. The van der Waals surface area contributed by atoms with Crippen LogP contribution in [0.3, 0.4) is 0 Å². The van der Waals surface area contributed by atoms with Crippen molar-refractivity contribution in [3.63, 3.8) is 0 Å². The molecule has 2 aromatic heterocycles. The molecule has 0 radical (unpaired) electrons. The first kappa shape index (κ1) is 39.2. The van der Waals surface area contributed by atoms with Gasteiger partial charge in [0.1, 0.15) is 5.65 Å². The molecule has 268 valence electrons. The standard InChI is InChI=1S/C21H29N7O.C15H22F3NO/c1-21(2,3)17-11-15-13-28(20(29)27-18(15)26-17)16-7-5-14(6-8-16)12-24-9-4-10-25-19(22)23;1-10(8-19)20-9-11-5-12(14(2,3)4)7-13(6-11)15(16,17)18/h5-8,11,13,24H,4,9-10,12H2,1-3H3,(H4,22,23,25)(H,26,27,29);5-7,10H,8-9,19H2,1-4H3/t;10-/m.0/s1. The van der Waals surface area contributed by atoms with Crippen molar-refractivity contribution >= 4 is 17.0 Å². The summed E-state index contributed by atoms with van der Waals surface area (Å²) in [5.74, 6) is 0.123. The predicted octanol–water partition coefficient (Wildman–Crippen LogP) is 5.63. The van der Waals surface area contributed by atoms with Gasteiger partial charge in [-0.15, -0.1) is 0 Å². The highest BCUT2D eigenvalue weighted by atomic mass is 19.4. The van der Waals surface area contributed by atoms with E-state index in [1.165, 1.54) is 6.07 Å². The van der Waals surface area contributed by atoms with Gasteiger partial charge in [0.15, 0.2) is 5.96 Å². The Kier molecular flexibility index (Phi) is 13.2. The number of rotatable bonds is 11. The number of guanidine groups is 1. The summed E-state index contributed by atoms with van der Waals surface area (Å²) < 4.78 is 45.8. The van der Waals surface area contributed by atoms with Crippen LogP contribution in [0.4, 0.5) is 13.2 Å². The maximum Gasteiger partial charge on any atom is 0.416 e. The van der Waals surface area contributed by atoms with Crippen LogP contribution in [-0.4, -0.2) is 46.2 Å². The fourth-order valence-electron chi connectivity index (χ4n) is 4.68. The normalized spacial score (nSPS) is 12.8. The molecule has 4 rings (SSSR count). The molecule has 1 atom stereocenters. The number of nitrogens with two attached hydrogens (primary N) is 3. The molecule has 0 unspecified atom stereocenters. The smallest absolute Gasteiger partial charge is 0.373 e. The van der Waals surface area contributed by atoms with Crippen molar-refractivity contribution in [1.29, 1.82) is 0 Å². The van der Waals surface area contributed by atoms with Gasteiger partial charge in [-0.1, -0.05) is 59.7 Å². The maximum atomic E-state index is 12.9. The number of halogens is 3. The molecule has 0 fully saturated rings. The third-order valence-corrected chi connectivity index (χ3v) is 7.72. The Morgan fingerprint density at radius 2 is 1.63 bits per heavy atom. The van der Waals surface area contributed by atoms with Crippen LogP contribution in [0.2, 0.25) is 0 Å². The van der Waals surface area contributed by atoms with Crippen molar-refractivity contribution in [2.45, 2.75) is 91.1 Å². The van der Waals surface area contributed by atoms with Crippen molar-refractivity contribution in [2.75, 3.05) is 19.6 Å². The fourth-order valence-corrected chi connectivity index (χ4v) is 4.68. The number of fused-ring (bicyclic) bond motifs is 1. The van der Waals surface area contributed by atoms with Crippen LogP contribution in [0, 0.1) is 0 Å². The lowest BCUT2D eigenvalue weighted by molar-refractivity contribution is -0.137. The second kappa shape index (κ2) is 16.5. The van der Waals surface area contributed by atoms with Gasteiger partial charge in [0.25, 0.3) is 0 Å². The summed E-state index contributed by atoms with van der Waals surface area (Å²) in [5, 5.41) is 4.27. The van der Waals surface area contributed by atoms with Gasteiger partial charge in [0.2, 0.25) is 0 Å². The number of nitrogens with zero attached hydrogens (tertiary/aromatic N) is 3. The number of hydrogen-bond acceptors (Lipinski definition) is 6. The second-order valence-electron chi connectivity index (χ2n) is 14.2. The van der Waals surface area contributed by atoms with E-state index in [2.05, 4.69) is 47.1 Å². The molecule has 0 saturated carbocycles. The molecule has 0 aliphatic rings. The van der Waals surface area contributed by atoms with Gasteiger partial charge in [0, 0.05) is 42.3 Å². The van der Waals surface area contributed by atoms with E-state index in [9.17, 15) is 18.0 Å². The summed E-state index contributed by atoms with van der Waals surface area (Å²) in [6.45, 7) is 16.5. The van der Waals surface area contributed by atoms with E-state index in [4.69, 9.17) is 21.9 Å². The first-order valence-corrected chi connectivity index (χ1v) is 16.3. The van der Waals surface area contributed by atoms with E-state index in [-0.39, 0.29) is 35.2 Å². The lowest BCUT2D eigenvalue weighted by atomic mass is 9.85. The Morgan fingerprint density at radius 3 is 2.20 bits per heavy atom. The van der Waals surface area contributed by atoms with E-state index in [1.54, 1.807) is 17.6 Å². The lowest BCUT2D eigenvalue weighted by Gasteiger charge is -2.22. The van der Waals surface area contributed by atoms with E-state index in [0.717, 1.165) is 47.9 Å². The Morgan fingerprint density at radius 1 is 0.980 bits per heavy atom. The molecule has 0 amide bonds. The number of ether oxygens (including phenoxy) is 1. The fraction of sp³-hybridized carbons (Fsp3) is 0.472. The second-order valence-corrected chi connectivity index (χ2v) is 14.2. The minimum absolute atomic E-state index is 0.0352.